The maximum Gasteiger partial charge on any atom is 0.238 e. The van der Waals surface area contributed by atoms with E-state index in [9.17, 15) is 4.79 Å². The molecule has 0 saturated carbocycles. The Kier molecular flexibility index (Phi) is 5.29. The summed E-state index contributed by atoms with van der Waals surface area (Å²) in [6.07, 6.45) is 0. The summed E-state index contributed by atoms with van der Waals surface area (Å²) in [6.45, 7) is 2.97. The third-order valence-electron chi connectivity index (χ3n) is 2.22. The van der Waals surface area contributed by atoms with E-state index < -0.39 is 0 Å². The quantitative estimate of drug-likeness (QED) is 0.783. The SMILES string of the molecule is CCNCC(=O)Nc1cc(OC)ccc1OC. The van der Waals surface area contributed by atoms with Gasteiger partial charge in [0, 0.05) is 6.07 Å². The summed E-state index contributed by atoms with van der Waals surface area (Å²) < 4.78 is 10.3. The zero-order chi connectivity index (χ0) is 12.7. The number of carbonyl (C=O) groups excluding carboxylic acids is 1. The molecule has 5 heteroatoms. The van der Waals surface area contributed by atoms with Crippen LogP contribution in [-0.2, 0) is 4.79 Å². The van der Waals surface area contributed by atoms with E-state index in [4.69, 9.17) is 9.47 Å². The van der Waals surface area contributed by atoms with Crippen LogP contribution in [0, 0.1) is 0 Å². The fourth-order valence-corrected chi connectivity index (χ4v) is 1.34. The zero-order valence-electron chi connectivity index (χ0n) is 10.4. The van der Waals surface area contributed by atoms with Gasteiger partial charge in [0.1, 0.15) is 11.5 Å². The van der Waals surface area contributed by atoms with E-state index in [0.717, 1.165) is 6.54 Å². The number of rotatable bonds is 6. The van der Waals surface area contributed by atoms with Crippen LogP contribution in [0.1, 0.15) is 6.92 Å². The Bertz CT molecular complexity index is 380. The van der Waals surface area contributed by atoms with Gasteiger partial charge in [-0.05, 0) is 18.7 Å². The summed E-state index contributed by atoms with van der Waals surface area (Å²) in [5.41, 5.74) is 0.606. The first-order valence-electron chi connectivity index (χ1n) is 5.43. The maximum atomic E-state index is 11.6. The summed E-state index contributed by atoms with van der Waals surface area (Å²) in [5.74, 6) is 1.17. The molecule has 0 aliphatic rings. The van der Waals surface area contributed by atoms with Crippen molar-refractivity contribution in [3.05, 3.63) is 18.2 Å². The second-order valence-corrected chi connectivity index (χ2v) is 3.39. The molecule has 94 valence electrons. The second-order valence-electron chi connectivity index (χ2n) is 3.39. The van der Waals surface area contributed by atoms with Gasteiger partial charge in [0.2, 0.25) is 5.91 Å². The van der Waals surface area contributed by atoms with Crippen LogP contribution in [0.25, 0.3) is 0 Å². The molecule has 0 atom stereocenters. The van der Waals surface area contributed by atoms with Crippen LogP contribution in [0.4, 0.5) is 5.69 Å². The van der Waals surface area contributed by atoms with Gasteiger partial charge in [-0.3, -0.25) is 4.79 Å². The molecule has 0 radical (unpaired) electrons. The van der Waals surface area contributed by atoms with Gasteiger partial charge >= 0.3 is 0 Å². The highest BCUT2D eigenvalue weighted by Crippen LogP contribution is 2.28. The van der Waals surface area contributed by atoms with E-state index >= 15 is 0 Å². The molecule has 1 amide bonds. The van der Waals surface area contributed by atoms with Crippen molar-refractivity contribution in [1.82, 2.24) is 5.32 Å². The van der Waals surface area contributed by atoms with Gasteiger partial charge in [-0.25, -0.2) is 0 Å². The Morgan fingerprint density at radius 2 is 2.06 bits per heavy atom. The molecule has 0 saturated heterocycles. The molecule has 0 unspecified atom stereocenters. The first-order valence-corrected chi connectivity index (χ1v) is 5.43. The molecule has 0 spiro atoms. The van der Waals surface area contributed by atoms with Crippen molar-refractivity contribution in [2.24, 2.45) is 0 Å². The van der Waals surface area contributed by atoms with Crippen LogP contribution in [0.3, 0.4) is 0 Å². The Morgan fingerprint density at radius 1 is 1.29 bits per heavy atom. The van der Waals surface area contributed by atoms with Crippen LogP contribution >= 0.6 is 0 Å². The molecular formula is C12H18N2O3. The minimum absolute atomic E-state index is 0.113. The summed E-state index contributed by atoms with van der Waals surface area (Å²) >= 11 is 0. The summed E-state index contributed by atoms with van der Waals surface area (Å²) in [5, 5.41) is 5.71. The van der Waals surface area contributed by atoms with Crippen molar-refractivity contribution in [1.29, 1.82) is 0 Å². The Morgan fingerprint density at radius 3 is 2.65 bits per heavy atom. The lowest BCUT2D eigenvalue weighted by Gasteiger charge is -2.11. The highest BCUT2D eigenvalue weighted by molar-refractivity contribution is 5.93. The molecule has 0 heterocycles. The van der Waals surface area contributed by atoms with Gasteiger partial charge in [0.15, 0.2) is 0 Å². The van der Waals surface area contributed by atoms with E-state index in [1.807, 2.05) is 6.92 Å². The van der Waals surface area contributed by atoms with Crippen molar-refractivity contribution in [3.8, 4) is 11.5 Å². The number of hydrogen-bond donors (Lipinski definition) is 2. The summed E-state index contributed by atoms with van der Waals surface area (Å²) in [7, 11) is 3.13. The predicted molar refractivity (Wildman–Crippen MR) is 66.7 cm³/mol. The number of nitrogens with one attached hydrogen (secondary N) is 2. The van der Waals surface area contributed by atoms with Crippen LogP contribution in [-0.4, -0.2) is 33.2 Å². The number of carbonyl (C=O) groups is 1. The third-order valence-corrected chi connectivity index (χ3v) is 2.22. The number of amides is 1. The lowest BCUT2D eigenvalue weighted by atomic mass is 10.2. The Balaban J connectivity index is 2.76. The Labute approximate surface area is 101 Å². The molecule has 0 bridgehead atoms. The minimum Gasteiger partial charge on any atom is -0.497 e. The molecule has 0 fully saturated rings. The highest BCUT2D eigenvalue weighted by Gasteiger charge is 2.08. The van der Waals surface area contributed by atoms with E-state index in [2.05, 4.69) is 10.6 Å². The van der Waals surface area contributed by atoms with E-state index in [1.165, 1.54) is 0 Å². The second kappa shape index (κ2) is 6.75. The fourth-order valence-electron chi connectivity index (χ4n) is 1.34. The molecule has 0 aliphatic carbocycles. The average molecular weight is 238 g/mol. The van der Waals surface area contributed by atoms with Crippen LogP contribution < -0.4 is 20.1 Å². The third kappa shape index (κ3) is 3.96. The number of hydrogen-bond acceptors (Lipinski definition) is 4. The molecule has 0 aromatic heterocycles. The number of likely N-dealkylation sites (N-methyl/N-ethyl adjacent to an activating group) is 1. The van der Waals surface area contributed by atoms with Crippen molar-refractivity contribution >= 4 is 11.6 Å². The zero-order valence-corrected chi connectivity index (χ0v) is 10.4. The monoisotopic (exact) mass is 238 g/mol. The van der Waals surface area contributed by atoms with Crippen LogP contribution in [0.2, 0.25) is 0 Å². The lowest BCUT2D eigenvalue weighted by Crippen LogP contribution is -2.27. The van der Waals surface area contributed by atoms with Gasteiger partial charge < -0.3 is 20.1 Å². The van der Waals surface area contributed by atoms with E-state index in [-0.39, 0.29) is 12.5 Å². The van der Waals surface area contributed by atoms with Gasteiger partial charge in [-0.1, -0.05) is 6.92 Å². The number of ether oxygens (including phenoxy) is 2. The van der Waals surface area contributed by atoms with Crippen molar-refractivity contribution < 1.29 is 14.3 Å². The van der Waals surface area contributed by atoms with Gasteiger partial charge in [-0.15, -0.1) is 0 Å². The van der Waals surface area contributed by atoms with Gasteiger partial charge in [-0.2, -0.15) is 0 Å². The van der Waals surface area contributed by atoms with Crippen molar-refractivity contribution in [3.63, 3.8) is 0 Å². The van der Waals surface area contributed by atoms with Crippen LogP contribution in [0.15, 0.2) is 18.2 Å². The highest BCUT2D eigenvalue weighted by atomic mass is 16.5. The predicted octanol–water partition coefficient (Wildman–Crippen LogP) is 1.25. The number of methoxy groups -OCH3 is 2. The molecular weight excluding hydrogens is 220 g/mol. The van der Waals surface area contributed by atoms with E-state index in [0.29, 0.717) is 17.2 Å². The molecule has 1 aromatic rings. The normalized spacial score (nSPS) is 9.82. The van der Waals surface area contributed by atoms with E-state index in [1.54, 1.807) is 32.4 Å². The molecule has 0 aliphatic heterocycles. The van der Waals surface area contributed by atoms with Crippen molar-refractivity contribution in [2.45, 2.75) is 6.92 Å². The topological polar surface area (TPSA) is 59.6 Å². The number of benzene rings is 1. The summed E-state index contributed by atoms with van der Waals surface area (Å²) in [6, 6.07) is 5.25. The Hall–Kier alpha value is -1.75. The first kappa shape index (κ1) is 13.3. The molecule has 2 N–H and O–H groups in total. The summed E-state index contributed by atoms with van der Waals surface area (Å²) in [4.78, 5) is 11.6. The molecule has 1 aromatic carbocycles. The maximum absolute atomic E-state index is 11.6. The molecule has 17 heavy (non-hydrogen) atoms. The smallest absolute Gasteiger partial charge is 0.238 e. The van der Waals surface area contributed by atoms with Crippen molar-refractivity contribution in [2.75, 3.05) is 32.6 Å². The van der Waals surface area contributed by atoms with Gasteiger partial charge in [0.05, 0.1) is 26.5 Å². The molecule has 1 rings (SSSR count). The standard InChI is InChI=1S/C12H18N2O3/c1-4-13-8-12(15)14-10-7-9(16-2)5-6-11(10)17-3/h5-7,13H,4,8H2,1-3H3,(H,14,15). The minimum atomic E-state index is -0.113. The van der Waals surface area contributed by atoms with Crippen LogP contribution in [0.5, 0.6) is 11.5 Å². The fraction of sp³-hybridized carbons (Fsp3) is 0.417. The number of anilines is 1. The largest absolute Gasteiger partial charge is 0.497 e. The van der Waals surface area contributed by atoms with Gasteiger partial charge in [0.25, 0.3) is 0 Å². The first-order chi connectivity index (χ1) is 8.21. The average Bonchev–Trinajstić information content (AvgIpc) is 2.36. The lowest BCUT2D eigenvalue weighted by molar-refractivity contribution is -0.115. The molecule has 5 nitrogen and oxygen atoms in total.